The van der Waals surface area contributed by atoms with Crippen LogP contribution >= 0.6 is 12.4 Å². The molecule has 2 rings (SSSR count). The quantitative estimate of drug-likeness (QED) is 0.900. The molecule has 0 aliphatic heterocycles. The molecule has 0 bridgehead atoms. The third kappa shape index (κ3) is 4.64. The van der Waals surface area contributed by atoms with Crippen molar-refractivity contribution in [2.75, 3.05) is 0 Å². The highest BCUT2D eigenvalue weighted by Crippen LogP contribution is 2.31. The number of nitrogens with two attached hydrogens (primary N) is 1. The van der Waals surface area contributed by atoms with Crippen LogP contribution in [0.2, 0.25) is 0 Å². The Kier molecular flexibility index (Phi) is 6.10. The summed E-state index contributed by atoms with van der Waals surface area (Å²) in [7, 11) is 0. The maximum atomic E-state index is 13.1. The molecular weight excluding hydrogens is 298 g/mol. The number of rotatable bonds is 3. The average Bonchev–Trinajstić information content (AvgIpc) is 2.34. The van der Waals surface area contributed by atoms with E-state index >= 15 is 0 Å². The van der Waals surface area contributed by atoms with Crippen molar-refractivity contribution < 1.29 is 13.6 Å². The average molecular weight is 319 g/mol. The van der Waals surface area contributed by atoms with Crippen molar-refractivity contribution in [1.29, 1.82) is 0 Å². The SMILES string of the molecule is CC1(N)CCCCC1C(=O)NCc1cc(F)cc(F)c1.Cl. The minimum absolute atomic E-state index is 0. The molecule has 0 radical (unpaired) electrons. The highest BCUT2D eigenvalue weighted by Gasteiger charge is 2.37. The molecule has 3 N–H and O–H groups in total. The molecule has 2 atom stereocenters. The van der Waals surface area contributed by atoms with Crippen LogP contribution < -0.4 is 11.1 Å². The van der Waals surface area contributed by atoms with Crippen LogP contribution in [0.15, 0.2) is 18.2 Å². The van der Waals surface area contributed by atoms with Gasteiger partial charge >= 0.3 is 0 Å². The van der Waals surface area contributed by atoms with Crippen LogP contribution in [0.25, 0.3) is 0 Å². The van der Waals surface area contributed by atoms with Gasteiger partial charge in [0.1, 0.15) is 11.6 Å². The smallest absolute Gasteiger partial charge is 0.225 e. The van der Waals surface area contributed by atoms with Gasteiger partial charge in [0.15, 0.2) is 0 Å². The molecule has 0 aromatic heterocycles. The molecule has 118 valence electrons. The summed E-state index contributed by atoms with van der Waals surface area (Å²) >= 11 is 0. The van der Waals surface area contributed by atoms with Gasteiger partial charge in [0.25, 0.3) is 0 Å². The Balaban J connectivity index is 0.00000220. The Morgan fingerprint density at radius 1 is 1.33 bits per heavy atom. The molecule has 6 heteroatoms. The Bertz CT molecular complexity index is 488. The maximum Gasteiger partial charge on any atom is 0.225 e. The van der Waals surface area contributed by atoms with E-state index in [2.05, 4.69) is 5.32 Å². The van der Waals surface area contributed by atoms with Gasteiger partial charge in [0.2, 0.25) is 5.91 Å². The fourth-order valence-electron chi connectivity index (χ4n) is 2.81. The molecule has 1 aliphatic rings. The molecule has 0 saturated heterocycles. The fourth-order valence-corrected chi connectivity index (χ4v) is 2.81. The second kappa shape index (κ2) is 7.18. The van der Waals surface area contributed by atoms with Crippen molar-refractivity contribution >= 4 is 18.3 Å². The first kappa shape index (κ1) is 17.9. The van der Waals surface area contributed by atoms with Crippen LogP contribution in [-0.2, 0) is 11.3 Å². The second-order valence-electron chi connectivity index (χ2n) is 5.80. The molecule has 0 heterocycles. The lowest BCUT2D eigenvalue weighted by Crippen LogP contribution is -2.52. The van der Waals surface area contributed by atoms with Gasteiger partial charge in [-0.3, -0.25) is 4.79 Å². The summed E-state index contributed by atoms with van der Waals surface area (Å²) in [6, 6.07) is 3.24. The van der Waals surface area contributed by atoms with Crippen LogP contribution in [0, 0.1) is 17.6 Å². The molecule has 21 heavy (non-hydrogen) atoms. The number of benzene rings is 1. The molecule has 1 fully saturated rings. The Morgan fingerprint density at radius 2 is 1.95 bits per heavy atom. The van der Waals surface area contributed by atoms with Crippen molar-refractivity contribution in [3.63, 3.8) is 0 Å². The van der Waals surface area contributed by atoms with E-state index in [0.717, 1.165) is 31.7 Å². The van der Waals surface area contributed by atoms with E-state index in [0.29, 0.717) is 5.56 Å². The van der Waals surface area contributed by atoms with Gasteiger partial charge in [0, 0.05) is 18.2 Å². The first-order valence-electron chi connectivity index (χ1n) is 6.90. The highest BCUT2D eigenvalue weighted by molar-refractivity contribution is 5.85. The number of nitrogens with one attached hydrogen (secondary N) is 1. The minimum Gasteiger partial charge on any atom is -0.352 e. The summed E-state index contributed by atoms with van der Waals surface area (Å²) in [6.07, 6.45) is 3.60. The highest BCUT2D eigenvalue weighted by atomic mass is 35.5. The third-order valence-electron chi connectivity index (χ3n) is 3.96. The topological polar surface area (TPSA) is 55.1 Å². The maximum absolute atomic E-state index is 13.1. The minimum atomic E-state index is -0.643. The summed E-state index contributed by atoms with van der Waals surface area (Å²) in [5.74, 6) is -1.67. The van der Waals surface area contributed by atoms with E-state index in [4.69, 9.17) is 5.73 Å². The number of amides is 1. The van der Waals surface area contributed by atoms with Gasteiger partial charge in [-0.05, 0) is 37.5 Å². The van der Waals surface area contributed by atoms with Crippen molar-refractivity contribution in [2.45, 2.75) is 44.7 Å². The van der Waals surface area contributed by atoms with Gasteiger partial charge in [-0.25, -0.2) is 8.78 Å². The summed E-state index contributed by atoms with van der Waals surface area (Å²) in [4.78, 5) is 12.2. The van der Waals surface area contributed by atoms with Crippen molar-refractivity contribution in [3.05, 3.63) is 35.4 Å². The van der Waals surface area contributed by atoms with E-state index in [1.807, 2.05) is 6.92 Å². The lowest BCUT2D eigenvalue weighted by molar-refractivity contribution is -0.128. The van der Waals surface area contributed by atoms with Crippen LogP contribution in [0.3, 0.4) is 0 Å². The van der Waals surface area contributed by atoms with Crippen LogP contribution in [0.5, 0.6) is 0 Å². The predicted octanol–water partition coefficient (Wildman–Crippen LogP) is 2.91. The molecule has 1 saturated carbocycles. The molecule has 1 aromatic rings. The van der Waals surface area contributed by atoms with E-state index in [1.165, 1.54) is 12.1 Å². The summed E-state index contributed by atoms with van der Waals surface area (Å²) in [5.41, 5.74) is 6.06. The summed E-state index contributed by atoms with van der Waals surface area (Å²) in [6.45, 7) is 2.00. The standard InChI is InChI=1S/C15H20F2N2O.ClH/c1-15(18)5-3-2-4-13(15)14(20)19-9-10-6-11(16)8-12(17)7-10;/h6-8,13H,2-5,9,18H2,1H3,(H,19,20);1H. The third-order valence-corrected chi connectivity index (χ3v) is 3.96. The zero-order valence-electron chi connectivity index (χ0n) is 12.0. The molecule has 1 aromatic carbocycles. The molecule has 1 aliphatic carbocycles. The first-order chi connectivity index (χ1) is 9.38. The molecule has 0 spiro atoms. The van der Waals surface area contributed by atoms with Crippen LogP contribution in [-0.4, -0.2) is 11.4 Å². The van der Waals surface area contributed by atoms with Gasteiger partial charge < -0.3 is 11.1 Å². The van der Waals surface area contributed by atoms with E-state index in [9.17, 15) is 13.6 Å². The van der Waals surface area contributed by atoms with Crippen molar-refractivity contribution in [2.24, 2.45) is 11.7 Å². The fraction of sp³-hybridized carbons (Fsp3) is 0.533. The first-order valence-corrected chi connectivity index (χ1v) is 6.90. The van der Waals surface area contributed by atoms with Crippen molar-refractivity contribution in [3.8, 4) is 0 Å². The lowest BCUT2D eigenvalue weighted by atomic mass is 9.74. The Hall–Kier alpha value is -1.20. The largest absolute Gasteiger partial charge is 0.352 e. The normalized spacial score (nSPS) is 25.0. The van der Waals surface area contributed by atoms with E-state index < -0.39 is 17.2 Å². The lowest BCUT2D eigenvalue weighted by Gasteiger charge is -2.37. The Labute approximate surface area is 129 Å². The summed E-state index contributed by atoms with van der Waals surface area (Å²) in [5, 5.41) is 2.73. The monoisotopic (exact) mass is 318 g/mol. The Morgan fingerprint density at radius 3 is 2.52 bits per heavy atom. The van der Waals surface area contributed by atoms with Gasteiger partial charge in [0.05, 0.1) is 5.92 Å². The zero-order valence-corrected chi connectivity index (χ0v) is 12.8. The van der Waals surface area contributed by atoms with Gasteiger partial charge in [-0.2, -0.15) is 0 Å². The number of carbonyl (C=O) groups excluding carboxylic acids is 1. The van der Waals surface area contributed by atoms with E-state index in [-0.39, 0.29) is 30.8 Å². The molecule has 2 unspecified atom stereocenters. The van der Waals surface area contributed by atoms with Gasteiger partial charge in [-0.1, -0.05) is 12.8 Å². The second-order valence-corrected chi connectivity index (χ2v) is 5.80. The molecular formula is C15H21ClF2N2O. The van der Waals surface area contributed by atoms with E-state index in [1.54, 1.807) is 0 Å². The number of hydrogen-bond acceptors (Lipinski definition) is 2. The number of carbonyl (C=O) groups is 1. The molecule has 1 amide bonds. The number of hydrogen-bond donors (Lipinski definition) is 2. The predicted molar refractivity (Wildman–Crippen MR) is 80.0 cm³/mol. The summed E-state index contributed by atoms with van der Waals surface area (Å²) < 4.78 is 26.1. The zero-order chi connectivity index (χ0) is 14.8. The van der Waals surface area contributed by atoms with Gasteiger partial charge in [-0.15, -0.1) is 12.4 Å². The number of halogens is 3. The van der Waals surface area contributed by atoms with Crippen LogP contribution in [0.1, 0.15) is 38.2 Å². The van der Waals surface area contributed by atoms with Crippen molar-refractivity contribution in [1.82, 2.24) is 5.32 Å². The molecule has 3 nitrogen and oxygen atoms in total. The van der Waals surface area contributed by atoms with Crippen LogP contribution in [0.4, 0.5) is 8.78 Å².